The fraction of sp³-hybridized carbons (Fsp3) is 0.393. The number of aromatic nitrogens is 2. The first-order valence-corrected chi connectivity index (χ1v) is 12.6. The van der Waals surface area contributed by atoms with Gasteiger partial charge in [0.1, 0.15) is 23.2 Å². The first-order valence-electron chi connectivity index (χ1n) is 12.6. The summed E-state index contributed by atoms with van der Waals surface area (Å²) >= 11 is 0. The number of hydrogen-bond acceptors (Lipinski definition) is 5. The van der Waals surface area contributed by atoms with Crippen molar-refractivity contribution in [3.05, 3.63) is 64.2 Å². The Labute approximate surface area is 217 Å². The van der Waals surface area contributed by atoms with E-state index in [2.05, 4.69) is 15.3 Å². The van der Waals surface area contributed by atoms with E-state index in [1.54, 1.807) is 13.8 Å². The molecule has 200 valence electrons. The van der Waals surface area contributed by atoms with Crippen LogP contribution in [0.15, 0.2) is 30.3 Å². The minimum atomic E-state index is -2.92. The van der Waals surface area contributed by atoms with Crippen LogP contribution in [-0.2, 0) is 11.2 Å². The van der Waals surface area contributed by atoms with E-state index in [0.29, 0.717) is 48.5 Å². The standard InChI is InChI=1S/C28H28F4N4O2/c1-14-11-17(7-9-36(14)23(37)13-29)21-12-22-25(20-8-10-38-26(20)21)34-16(3)35-28(22)33-15(2)18-5-4-6-19(24(18)30)27(31)32/h4-6,11-12,14-15,27H,7-10,13H2,1-3H3,(H,33,34,35)/t14-,15?/m1/s1. The summed E-state index contributed by atoms with van der Waals surface area (Å²) in [7, 11) is 0. The number of aryl methyl sites for hydroxylation is 1. The number of halogens is 4. The number of rotatable bonds is 6. The Kier molecular flexibility index (Phi) is 6.98. The zero-order chi connectivity index (χ0) is 27.1. The number of carbonyl (C=O) groups is 1. The molecule has 1 amide bonds. The van der Waals surface area contributed by atoms with Gasteiger partial charge in [-0.2, -0.15) is 0 Å². The van der Waals surface area contributed by atoms with Crippen LogP contribution in [0, 0.1) is 12.7 Å². The van der Waals surface area contributed by atoms with Crippen molar-refractivity contribution in [3.63, 3.8) is 0 Å². The lowest BCUT2D eigenvalue weighted by Gasteiger charge is -2.32. The number of hydrogen-bond donors (Lipinski definition) is 1. The normalized spacial score (nSPS) is 17.8. The largest absolute Gasteiger partial charge is 0.492 e. The predicted molar refractivity (Wildman–Crippen MR) is 137 cm³/mol. The highest BCUT2D eigenvalue weighted by Crippen LogP contribution is 2.43. The number of amides is 1. The van der Waals surface area contributed by atoms with Crippen LogP contribution in [0.2, 0.25) is 0 Å². The van der Waals surface area contributed by atoms with Gasteiger partial charge in [0.25, 0.3) is 12.3 Å². The molecule has 0 fully saturated rings. The number of anilines is 1. The van der Waals surface area contributed by atoms with E-state index in [9.17, 15) is 22.4 Å². The zero-order valence-corrected chi connectivity index (χ0v) is 21.3. The summed E-state index contributed by atoms with van der Waals surface area (Å²) in [6, 6.07) is 4.95. The molecule has 2 aromatic carbocycles. The fourth-order valence-electron chi connectivity index (χ4n) is 5.34. The van der Waals surface area contributed by atoms with Gasteiger partial charge in [0.2, 0.25) is 0 Å². The summed E-state index contributed by atoms with van der Waals surface area (Å²) in [4.78, 5) is 22.7. The van der Waals surface area contributed by atoms with Gasteiger partial charge < -0.3 is 15.0 Å². The third-order valence-electron chi connectivity index (χ3n) is 7.20. The summed E-state index contributed by atoms with van der Waals surface area (Å²) in [6.07, 6.45) is 0.188. The van der Waals surface area contributed by atoms with Gasteiger partial charge in [-0.15, -0.1) is 0 Å². The number of carbonyl (C=O) groups excluding carboxylic acids is 1. The molecule has 1 N–H and O–H groups in total. The van der Waals surface area contributed by atoms with Crippen LogP contribution in [0.1, 0.15) is 60.8 Å². The van der Waals surface area contributed by atoms with Crippen molar-refractivity contribution < 1.29 is 27.1 Å². The van der Waals surface area contributed by atoms with Gasteiger partial charge in [-0.25, -0.2) is 27.5 Å². The van der Waals surface area contributed by atoms with Gasteiger partial charge >= 0.3 is 0 Å². The van der Waals surface area contributed by atoms with Crippen molar-refractivity contribution in [1.82, 2.24) is 14.9 Å². The average Bonchev–Trinajstić information content (AvgIpc) is 3.38. The number of fused-ring (bicyclic) bond motifs is 3. The molecule has 38 heavy (non-hydrogen) atoms. The smallest absolute Gasteiger partial charge is 0.266 e. The number of nitrogens with zero attached hydrogens (tertiary/aromatic N) is 3. The maximum absolute atomic E-state index is 14.9. The van der Waals surface area contributed by atoms with Crippen molar-refractivity contribution >= 4 is 28.2 Å². The molecule has 0 radical (unpaired) electrons. The van der Waals surface area contributed by atoms with E-state index in [0.717, 1.165) is 28.5 Å². The first kappa shape index (κ1) is 25.9. The highest BCUT2D eigenvalue weighted by Gasteiger charge is 2.29. The molecule has 1 aromatic heterocycles. The van der Waals surface area contributed by atoms with E-state index in [1.165, 1.54) is 17.0 Å². The highest BCUT2D eigenvalue weighted by molar-refractivity contribution is 5.97. The van der Waals surface area contributed by atoms with Gasteiger partial charge in [0.05, 0.1) is 23.7 Å². The summed E-state index contributed by atoms with van der Waals surface area (Å²) < 4.78 is 60.5. The molecular formula is C28H28F4N4O2. The molecule has 1 unspecified atom stereocenters. The molecule has 6 nitrogen and oxygen atoms in total. The second kappa shape index (κ2) is 10.2. The van der Waals surface area contributed by atoms with E-state index >= 15 is 0 Å². The molecular weight excluding hydrogens is 500 g/mol. The quantitative estimate of drug-likeness (QED) is 0.392. The maximum atomic E-state index is 14.9. The molecule has 2 aliphatic heterocycles. The summed E-state index contributed by atoms with van der Waals surface area (Å²) in [5.74, 6) is 0.203. The molecule has 2 aliphatic rings. The second-order valence-electron chi connectivity index (χ2n) is 9.67. The fourth-order valence-corrected chi connectivity index (χ4v) is 5.34. The minimum Gasteiger partial charge on any atom is -0.492 e. The second-order valence-corrected chi connectivity index (χ2v) is 9.67. The predicted octanol–water partition coefficient (Wildman–Crippen LogP) is 6.10. The molecule has 0 aliphatic carbocycles. The number of ether oxygens (including phenoxy) is 1. The Balaban J connectivity index is 1.59. The lowest BCUT2D eigenvalue weighted by atomic mass is 9.92. The first-order chi connectivity index (χ1) is 18.2. The van der Waals surface area contributed by atoms with Crippen LogP contribution < -0.4 is 10.1 Å². The van der Waals surface area contributed by atoms with Crippen LogP contribution in [0.4, 0.5) is 23.4 Å². The van der Waals surface area contributed by atoms with Crippen molar-refractivity contribution in [2.75, 3.05) is 25.1 Å². The highest BCUT2D eigenvalue weighted by atomic mass is 19.3. The minimum absolute atomic E-state index is 0.110. The van der Waals surface area contributed by atoms with Crippen LogP contribution in [0.5, 0.6) is 5.75 Å². The third kappa shape index (κ3) is 4.56. The Bertz CT molecular complexity index is 1440. The molecule has 2 atom stereocenters. The van der Waals surface area contributed by atoms with E-state index < -0.39 is 36.4 Å². The van der Waals surface area contributed by atoms with Crippen LogP contribution in [-0.4, -0.2) is 46.6 Å². The Morgan fingerprint density at radius 1 is 1.24 bits per heavy atom. The lowest BCUT2D eigenvalue weighted by Crippen LogP contribution is -2.41. The van der Waals surface area contributed by atoms with Gasteiger partial charge in [-0.1, -0.05) is 24.3 Å². The molecule has 3 aromatic rings. The summed E-state index contributed by atoms with van der Waals surface area (Å²) in [6.45, 7) is 5.13. The summed E-state index contributed by atoms with van der Waals surface area (Å²) in [5, 5.41) is 3.92. The number of nitrogens with one attached hydrogen (secondary N) is 1. The Morgan fingerprint density at radius 2 is 2.00 bits per heavy atom. The lowest BCUT2D eigenvalue weighted by molar-refractivity contribution is -0.133. The molecule has 0 saturated heterocycles. The third-order valence-corrected chi connectivity index (χ3v) is 7.20. The van der Waals surface area contributed by atoms with Crippen molar-refractivity contribution in [3.8, 4) is 5.75 Å². The van der Waals surface area contributed by atoms with Crippen molar-refractivity contribution in [1.29, 1.82) is 0 Å². The topological polar surface area (TPSA) is 67.4 Å². The van der Waals surface area contributed by atoms with Gasteiger partial charge in [-0.05, 0) is 38.8 Å². The van der Waals surface area contributed by atoms with Crippen molar-refractivity contribution in [2.24, 2.45) is 0 Å². The molecule has 5 rings (SSSR count). The monoisotopic (exact) mass is 528 g/mol. The zero-order valence-electron chi connectivity index (χ0n) is 21.3. The van der Waals surface area contributed by atoms with Crippen LogP contribution >= 0.6 is 0 Å². The Hall–Kier alpha value is -3.69. The number of alkyl halides is 3. The van der Waals surface area contributed by atoms with Gasteiger partial charge in [-0.3, -0.25) is 4.79 Å². The maximum Gasteiger partial charge on any atom is 0.266 e. The molecule has 0 bridgehead atoms. The Morgan fingerprint density at radius 3 is 2.71 bits per heavy atom. The van der Waals surface area contributed by atoms with Crippen LogP contribution in [0.3, 0.4) is 0 Å². The van der Waals surface area contributed by atoms with Crippen LogP contribution in [0.25, 0.3) is 16.5 Å². The summed E-state index contributed by atoms with van der Waals surface area (Å²) in [5.41, 5.74) is 2.92. The van der Waals surface area contributed by atoms with E-state index in [-0.39, 0.29) is 11.6 Å². The van der Waals surface area contributed by atoms with Gasteiger partial charge in [0.15, 0.2) is 6.67 Å². The molecule has 0 spiro atoms. The number of benzene rings is 2. The molecule has 10 heteroatoms. The van der Waals surface area contributed by atoms with E-state index in [1.807, 2.05) is 19.1 Å². The molecule has 3 heterocycles. The van der Waals surface area contributed by atoms with Crippen molar-refractivity contribution in [2.45, 2.75) is 52.1 Å². The van der Waals surface area contributed by atoms with E-state index in [4.69, 9.17) is 4.74 Å². The van der Waals surface area contributed by atoms with Gasteiger partial charge in [0, 0.05) is 41.1 Å². The molecule has 0 saturated carbocycles. The SMILES string of the molecule is Cc1nc(NC(C)c2cccc(C(F)F)c2F)c2cc(C3=C[C@@H](C)N(C(=O)CF)CC3)c3c(c2n1)CCO3. The average molecular weight is 529 g/mol.